The topological polar surface area (TPSA) is 110 Å². The number of nitrogen functional groups attached to an aromatic ring is 1. The van der Waals surface area contributed by atoms with E-state index in [4.69, 9.17) is 10.2 Å². The Kier molecular flexibility index (Phi) is 3.09. The summed E-state index contributed by atoms with van der Waals surface area (Å²) in [6.07, 6.45) is 0. The number of hydrogen-bond donors (Lipinski definition) is 3. The number of benzene rings is 1. The van der Waals surface area contributed by atoms with Crippen molar-refractivity contribution >= 4 is 22.5 Å². The third-order valence-electron chi connectivity index (χ3n) is 3.21. The van der Waals surface area contributed by atoms with Crippen molar-refractivity contribution in [3.05, 3.63) is 45.9 Å². The molecule has 2 aromatic heterocycles. The minimum absolute atomic E-state index is 0.241. The molecule has 108 valence electrons. The lowest BCUT2D eigenvalue weighted by Gasteiger charge is -2.04. The minimum Gasteiger partial charge on any atom is -0.444 e. The van der Waals surface area contributed by atoms with Crippen LogP contribution in [0.1, 0.15) is 17.3 Å². The number of nitrogens with zero attached hydrogens (tertiary/aromatic N) is 2. The molecule has 0 atom stereocenters. The van der Waals surface area contributed by atoms with Gasteiger partial charge in [-0.25, -0.2) is 9.97 Å². The molecule has 0 amide bonds. The highest BCUT2D eigenvalue weighted by molar-refractivity contribution is 5.81. The fourth-order valence-electron chi connectivity index (χ4n) is 2.01. The molecule has 0 saturated heterocycles. The van der Waals surface area contributed by atoms with E-state index in [1.807, 2.05) is 13.8 Å². The second kappa shape index (κ2) is 4.93. The van der Waals surface area contributed by atoms with Crippen LogP contribution in [0.2, 0.25) is 0 Å². The Balaban J connectivity index is 1.87. The van der Waals surface area contributed by atoms with Gasteiger partial charge in [-0.1, -0.05) is 0 Å². The van der Waals surface area contributed by atoms with E-state index in [1.54, 1.807) is 18.2 Å². The van der Waals surface area contributed by atoms with Crippen molar-refractivity contribution in [1.29, 1.82) is 0 Å². The van der Waals surface area contributed by atoms with Gasteiger partial charge in [-0.2, -0.15) is 0 Å². The third kappa shape index (κ3) is 2.58. The monoisotopic (exact) mass is 285 g/mol. The summed E-state index contributed by atoms with van der Waals surface area (Å²) in [6.45, 7) is 4.08. The minimum atomic E-state index is -0.241. The molecule has 4 N–H and O–H groups in total. The van der Waals surface area contributed by atoms with Crippen molar-refractivity contribution in [2.24, 2.45) is 0 Å². The quantitative estimate of drug-likeness (QED) is 0.632. The van der Waals surface area contributed by atoms with Gasteiger partial charge >= 0.3 is 0 Å². The van der Waals surface area contributed by atoms with E-state index in [1.165, 1.54) is 0 Å². The van der Waals surface area contributed by atoms with E-state index in [-0.39, 0.29) is 5.56 Å². The predicted molar refractivity (Wildman–Crippen MR) is 80.1 cm³/mol. The van der Waals surface area contributed by atoms with Crippen LogP contribution in [0, 0.1) is 13.8 Å². The van der Waals surface area contributed by atoms with Crippen molar-refractivity contribution in [2.75, 3.05) is 11.1 Å². The van der Waals surface area contributed by atoms with Crippen LogP contribution in [-0.2, 0) is 6.54 Å². The van der Waals surface area contributed by atoms with Gasteiger partial charge in [0.05, 0.1) is 23.1 Å². The van der Waals surface area contributed by atoms with Gasteiger partial charge in [0.1, 0.15) is 5.76 Å². The number of nitrogens with one attached hydrogen (secondary N) is 2. The summed E-state index contributed by atoms with van der Waals surface area (Å²) in [6, 6.07) is 5.02. The molecule has 0 aliphatic rings. The highest BCUT2D eigenvalue weighted by Crippen LogP contribution is 2.14. The average molecular weight is 285 g/mol. The van der Waals surface area contributed by atoms with Gasteiger partial charge in [-0.3, -0.25) is 9.78 Å². The molecule has 3 aromatic rings. The number of rotatable bonds is 3. The summed E-state index contributed by atoms with van der Waals surface area (Å²) >= 11 is 0. The molecule has 2 heterocycles. The van der Waals surface area contributed by atoms with Gasteiger partial charge in [-0.05, 0) is 32.0 Å². The Bertz CT molecular complexity index is 846. The Morgan fingerprint density at radius 2 is 2.14 bits per heavy atom. The number of oxazole rings is 1. The largest absolute Gasteiger partial charge is 0.444 e. The standard InChI is InChI=1S/C14H15N5O2/c1-7-8(2)21-12(17-7)6-16-14-18-11-4-3-9(15)5-10(11)13(20)19-14/h3-5H,6,15H2,1-2H3,(H2,16,18,19,20). The lowest BCUT2D eigenvalue weighted by Crippen LogP contribution is -2.13. The zero-order valence-corrected chi connectivity index (χ0v) is 11.7. The molecule has 1 aromatic carbocycles. The van der Waals surface area contributed by atoms with Gasteiger partial charge < -0.3 is 15.5 Å². The average Bonchev–Trinajstić information content (AvgIpc) is 2.76. The molecule has 21 heavy (non-hydrogen) atoms. The van der Waals surface area contributed by atoms with Gasteiger partial charge in [0.2, 0.25) is 11.8 Å². The van der Waals surface area contributed by atoms with Gasteiger partial charge in [0.25, 0.3) is 5.56 Å². The Morgan fingerprint density at radius 1 is 1.33 bits per heavy atom. The fourth-order valence-corrected chi connectivity index (χ4v) is 2.01. The second-order valence-corrected chi connectivity index (χ2v) is 4.79. The van der Waals surface area contributed by atoms with E-state index in [9.17, 15) is 4.79 Å². The van der Waals surface area contributed by atoms with Crippen molar-refractivity contribution in [3.8, 4) is 0 Å². The van der Waals surface area contributed by atoms with Crippen LogP contribution in [0.15, 0.2) is 27.4 Å². The maximum absolute atomic E-state index is 12.0. The van der Waals surface area contributed by atoms with Crippen LogP contribution in [0.4, 0.5) is 11.6 Å². The molecule has 7 nitrogen and oxygen atoms in total. The van der Waals surface area contributed by atoms with Crippen LogP contribution in [0.5, 0.6) is 0 Å². The first-order valence-electron chi connectivity index (χ1n) is 6.49. The molecule has 0 radical (unpaired) electrons. The first-order valence-corrected chi connectivity index (χ1v) is 6.49. The predicted octanol–water partition coefficient (Wildman–Crippen LogP) is 1.72. The number of anilines is 2. The lowest BCUT2D eigenvalue weighted by atomic mass is 10.2. The Morgan fingerprint density at radius 3 is 2.86 bits per heavy atom. The lowest BCUT2D eigenvalue weighted by molar-refractivity contribution is 0.478. The molecule has 0 saturated carbocycles. The first-order chi connectivity index (χ1) is 10.0. The van der Waals surface area contributed by atoms with Gasteiger partial charge in [0.15, 0.2) is 0 Å². The van der Waals surface area contributed by atoms with E-state index in [0.29, 0.717) is 35.0 Å². The summed E-state index contributed by atoms with van der Waals surface area (Å²) in [5, 5.41) is 3.46. The Labute approximate surface area is 120 Å². The zero-order chi connectivity index (χ0) is 15.0. The smallest absolute Gasteiger partial charge is 0.260 e. The first kappa shape index (κ1) is 13.2. The van der Waals surface area contributed by atoms with Crippen molar-refractivity contribution < 1.29 is 4.42 Å². The molecule has 0 bridgehead atoms. The fraction of sp³-hybridized carbons (Fsp3) is 0.214. The third-order valence-corrected chi connectivity index (χ3v) is 3.21. The van der Waals surface area contributed by atoms with Crippen LogP contribution >= 0.6 is 0 Å². The maximum Gasteiger partial charge on any atom is 0.260 e. The normalized spacial score (nSPS) is 11.0. The molecule has 0 aliphatic heterocycles. The number of fused-ring (bicyclic) bond motifs is 1. The SMILES string of the molecule is Cc1nc(CNc2nc3ccc(N)cc3c(=O)[nH]2)oc1C. The summed E-state index contributed by atoms with van der Waals surface area (Å²) in [4.78, 5) is 23.2. The number of H-pyrrole nitrogens is 1. The molecule has 7 heteroatoms. The molecular formula is C14H15N5O2. The molecule has 0 unspecified atom stereocenters. The number of aryl methyl sites for hydroxylation is 2. The number of aromatic nitrogens is 3. The number of aromatic amines is 1. The molecular weight excluding hydrogens is 270 g/mol. The molecule has 0 spiro atoms. The highest BCUT2D eigenvalue weighted by atomic mass is 16.4. The molecule has 3 rings (SSSR count). The van der Waals surface area contributed by atoms with Crippen LogP contribution in [-0.4, -0.2) is 15.0 Å². The molecule has 0 fully saturated rings. The van der Waals surface area contributed by atoms with E-state index >= 15 is 0 Å². The number of nitrogens with two attached hydrogens (primary N) is 1. The van der Waals surface area contributed by atoms with Gasteiger partial charge in [0, 0.05) is 5.69 Å². The summed E-state index contributed by atoms with van der Waals surface area (Å²) in [7, 11) is 0. The van der Waals surface area contributed by atoms with Crippen LogP contribution in [0.25, 0.3) is 10.9 Å². The van der Waals surface area contributed by atoms with Gasteiger partial charge in [-0.15, -0.1) is 0 Å². The van der Waals surface area contributed by atoms with E-state index in [0.717, 1.165) is 11.5 Å². The molecule has 0 aliphatic carbocycles. The summed E-state index contributed by atoms with van der Waals surface area (Å²) in [5.74, 6) is 1.69. The van der Waals surface area contributed by atoms with Crippen molar-refractivity contribution in [2.45, 2.75) is 20.4 Å². The van der Waals surface area contributed by atoms with Crippen LogP contribution < -0.4 is 16.6 Å². The number of hydrogen-bond acceptors (Lipinski definition) is 6. The van der Waals surface area contributed by atoms with E-state index in [2.05, 4.69) is 20.3 Å². The van der Waals surface area contributed by atoms with E-state index < -0.39 is 0 Å². The maximum atomic E-state index is 12.0. The highest BCUT2D eigenvalue weighted by Gasteiger charge is 2.07. The summed E-state index contributed by atoms with van der Waals surface area (Å²) < 4.78 is 5.46. The Hall–Kier alpha value is -2.83. The van der Waals surface area contributed by atoms with Crippen molar-refractivity contribution in [1.82, 2.24) is 15.0 Å². The second-order valence-electron chi connectivity index (χ2n) is 4.79. The van der Waals surface area contributed by atoms with Crippen molar-refractivity contribution in [3.63, 3.8) is 0 Å². The summed E-state index contributed by atoms with van der Waals surface area (Å²) in [5.41, 5.74) is 7.38. The van der Waals surface area contributed by atoms with Crippen LogP contribution in [0.3, 0.4) is 0 Å². The zero-order valence-electron chi connectivity index (χ0n) is 11.7.